The van der Waals surface area contributed by atoms with Crippen molar-refractivity contribution in [1.29, 1.82) is 0 Å². The molecule has 0 saturated heterocycles. The molecule has 0 unspecified atom stereocenters. The number of rotatable bonds is 4. The molecule has 2 aromatic rings. The smallest absolute Gasteiger partial charge is 0.273 e. The number of hydrogen-bond donors (Lipinski definition) is 1. The Morgan fingerprint density at radius 2 is 1.84 bits per heavy atom. The fourth-order valence-corrected chi connectivity index (χ4v) is 2.66. The summed E-state index contributed by atoms with van der Waals surface area (Å²) < 4.78 is 24.5. The highest BCUT2D eigenvalue weighted by Crippen LogP contribution is 2.17. The molecule has 2 N–H and O–H groups in total. The second kappa shape index (κ2) is 5.10. The largest absolute Gasteiger partial charge is 0.298 e. The van der Waals surface area contributed by atoms with Gasteiger partial charge in [-0.1, -0.05) is 30.3 Å². The van der Waals surface area contributed by atoms with Gasteiger partial charge in [-0.2, -0.15) is 0 Å². The van der Waals surface area contributed by atoms with E-state index in [1.165, 1.54) is 0 Å². The van der Waals surface area contributed by atoms with E-state index in [9.17, 15) is 8.42 Å². The Hall–Kier alpha value is -1.73. The van der Waals surface area contributed by atoms with Crippen LogP contribution in [0.2, 0.25) is 0 Å². The van der Waals surface area contributed by atoms with E-state index < -0.39 is 10.0 Å². The Bertz CT molecular complexity index is 662. The molecular formula is C12H16N4O2S. The van der Waals surface area contributed by atoms with Crippen LogP contribution in [0.15, 0.2) is 35.5 Å². The van der Waals surface area contributed by atoms with Gasteiger partial charge in [0.2, 0.25) is 0 Å². The molecule has 0 aliphatic rings. The van der Waals surface area contributed by atoms with Gasteiger partial charge in [0.15, 0.2) is 0 Å². The summed E-state index contributed by atoms with van der Waals surface area (Å²) in [6, 6.07) is 9.60. The molecule has 1 heterocycles. The van der Waals surface area contributed by atoms with Crippen LogP contribution < -0.4 is 5.14 Å². The fraction of sp³-hybridized carbons (Fsp3) is 0.333. The number of sulfonamides is 1. The lowest BCUT2D eigenvalue weighted by Gasteiger charge is -2.12. The number of benzene rings is 1. The zero-order valence-corrected chi connectivity index (χ0v) is 11.6. The SMILES string of the molecule is CC(C)n1c(Cc2ccccc2)nnc1S(N)(=O)=O. The summed E-state index contributed by atoms with van der Waals surface area (Å²) >= 11 is 0. The first-order valence-electron chi connectivity index (χ1n) is 5.90. The van der Waals surface area contributed by atoms with E-state index in [0.717, 1.165) is 5.56 Å². The Morgan fingerprint density at radius 1 is 1.21 bits per heavy atom. The topological polar surface area (TPSA) is 90.9 Å². The van der Waals surface area contributed by atoms with Crippen LogP contribution in [-0.4, -0.2) is 23.2 Å². The molecule has 0 bridgehead atoms. The van der Waals surface area contributed by atoms with Crippen molar-refractivity contribution in [1.82, 2.24) is 14.8 Å². The Kier molecular flexibility index (Phi) is 3.68. The van der Waals surface area contributed by atoms with Crippen LogP contribution in [-0.2, 0) is 16.4 Å². The van der Waals surface area contributed by atoms with Crippen LogP contribution in [0.4, 0.5) is 0 Å². The van der Waals surface area contributed by atoms with Crippen LogP contribution in [0.5, 0.6) is 0 Å². The summed E-state index contributed by atoms with van der Waals surface area (Å²) in [7, 11) is -3.86. The third-order valence-corrected chi connectivity index (χ3v) is 3.50. The van der Waals surface area contributed by atoms with Crippen LogP contribution in [0.25, 0.3) is 0 Å². The van der Waals surface area contributed by atoms with Crippen molar-refractivity contribution >= 4 is 10.0 Å². The maximum Gasteiger partial charge on any atom is 0.273 e. The molecule has 0 amide bonds. The number of hydrogen-bond acceptors (Lipinski definition) is 4. The lowest BCUT2D eigenvalue weighted by atomic mass is 10.1. The third kappa shape index (κ3) is 2.99. The van der Waals surface area contributed by atoms with E-state index in [-0.39, 0.29) is 11.2 Å². The van der Waals surface area contributed by atoms with Gasteiger partial charge < -0.3 is 0 Å². The van der Waals surface area contributed by atoms with E-state index in [2.05, 4.69) is 10.2 Å². The monoisotopic (exact) mass is 280 g/mol. The van der Waals surface area contributed by atoms with Crippen molar-refractivity contribution < 1.29 is 8.42 Å². The van der Waals surface area contributed by atoms with Gasteiger partial charge in [0.1, 0.15) is 5.82 Å². The molecule has 0 spiro atoms. The Morgan fingerprint density at radius 3 is 2.37 bits per heavy atom. The molecule has 0 saturated carbocycles. The van der Waals surface area contributed by atoms with Gasteiger partial charge in [-0.25, -0.2) is 13.6 Å². The van der Waals surface area contributed by atoms with Crippen molar-refractivity contribution in [3.05, 3.63) is 41.7 Å². The standard InChI is InChI=1S/C12H16N4O2S/c1-9(2)16-11(8-10-6-4-3-5-7-10)14-15-12(16)19(13,17)18/h3-7,9H,8H2,1-2H3,(H2,13,17,18). The maximum atomic E-state index is 11.5. The van der Waals surface area contributed by atoms with Gasteiger partial charge in [-0.3, -0.25) is 4.57 Å². The Labute approximate surface area is 112 Å². The predicted molar refractivity (Wildman–Crippen MR) is 71.0 cm³/mol. The first kappa shape index (κ1) is 13.7. The van der Waals surface area contributed by atoms with Crippen LogP contribution in [0, 0.1) is 0 Å². The minimum absolute atomic E-state index is 0.0814. The summed E-state index contributed by atoms with van der Waals surface area (Å²) in [6.45, 7) is 3.74. The third-order valence-electron chi connectivity index (χ3n) is 2.71. The first-order chi connectivity index (χ1) is 8.89. The van der Waals surface area contributed by atoms with Crippen molar-refractivity contribution in [3.8, 4) is 0 Å². The highest BCUT2D eigenvalue weighted by atomic mass is 32.2. The zero-order valence-electron chi connectivity index (χ0n) is 10.8. The zero-order chi connectivity index (χ0) is 14.0. The lowest BCUT2D eigenvalue weighted by Crippen LogP contribution is -2.20. The van der Waals surface area contributed by atoms with Gasteiger partial charge in [0.05, 0.1) is 0 Å². The van der Waals surface area contributed by atoms with Crippen molar-refractivity contribution in [2.45, 2.75) is 31.5 Å². The number of aromatic nitrogens is 3. The number of nitrogens with zero attached hydrogens (tertiary/aromatic N) is 3. The van der Waals surface area contributed by atoms with E-state index in [4.69, 9.17) is 5.14 Å². The second-order valence-electron chi connectivity index (χ2n) is 4.57. The average molecular weight is 280 g/mol. The Balaban J connectivity index is 2.45. The summed E-state index contributed by atoms with van der Waals surface area (Å²) in [5.41, 5.74) is 1.04. The van der Waals surface area contributed by atoms with Crippen molar-refractivity contribution in [2.75, 3.05) is 0 Å². The summed E-state index contributed by atoms with van der Waals surface area (Å²) in [4.78, 5) is 0. The summed E-state index contributed by atoms with van der Waals surface area (Å²) in [5, 5.41) is 12.6. The molecule has 1 aromatic heterocycles. The second-order valence-corrected chi connectivity index (χ2v) is 6.03. The normalized spacial score (nSPS) is 12.0. The van der Waals surface area contributed by atoms with Gasteiger partial charge >= 0.3 is 0 Å². The van der Waals surface area contributed by atoms with Crippen molar-refractivity contribution in [3.63, 3.8) is 0 Å². The fourth-order valence-electron chi connectivity index (χ4n) is 1.92. The minimum atomic E-state index is -3.86. The van der Waals surface area contributed by atoms with Crippen LogP contribution >= 0.6 is 0 Å². The van der Waals surface area contributed by atoms with E-state index in [1.807, 2.05) is 44.2 Å². The molecule has 0 radical (unpaired) electrons. The van der Waals surface area contributed by atoms with E-state index in [0.29, 0.717) is 12.2 Å². The van der Waals surface area contributed by atoms with Crippen LogP contribution in [0.1, 0.15) is 31.3 Å². The molecule has 0 atom stereocenters. The van der Waals surface area contributed by atoms with Gasteiger partial charge in [-0.05, 0) is 19.4 Å². The molecule has 2 rings (SSSR count). The van der Waals surface area contributed by atoms with Gasteiger partial charge in [0, 0.05) is 12.5 Å². The molecule has 7 heteroatoms. The molecule has 6 nitrogen and oxygen atoms in total. The van der Waals surface area contributed by atoms with Crippen molar-refractivity contribution in [2.24, 2.45) is 5.14 Å². The minimum Gasteiger partial charge on any atom is -0.298 e. The number of primary sulfonamides is 1. The summed E-state index contributed by atoms with van der Waals surface area (Å²) in [5.74, 6) is 0.588. The molecule has 19 heavy (non-hydrogen) atoms. The van der Waals surface area contributed by atoms with Crippen LogP contribution in [0.3, 0.4) is 0 Å². The average Bonchev–Trinajstić information content (AvgIpc) is 2.74. The predicted octanol–water partition coefficient (Wildman–Crippen LogP) is 1.10. The molecule has 0 aliphatic carbocycles. The first-order valence-corrected chi connectivity index (χ1v) is 7.44. The quantitative estimate of drug-likeness (QED) is 0.907. The summed E-state index contributed by atoms with van der Waals surface area (Å²) in [6.07, 6.45) is 0.515. The van der Waals surface area contributed by atoms with Gasteiger partial charge in [0.25, 0.3) is 15.2 Å². The molecule has 0 aliphatic heterocycles. The molecule has 0 fully saturated rings. The molecular weight excluding hydrogens is 264 g/mol. The molecule has 1 aromatic carbocycles. The van der Waals surface area contributed by atoms with E-state index >= 15 is 0 Å². The number of nitrogens with two attached hydrogens (primary N) is 1. The highest BCUT2D eigenvalue weighted by molar-refractivity contribution is 7.89. The lowest BCUT2D eigenvalue weighted by molar-refractivity contribution is 0.507. The highest BCUT2D eigenvalue weighted by Gasteiger charge is 2.22. The maximum absolute atomic E-state index is 11.5. The van der Waals surface area contributed by atoms with Gasteiger partial charge in [-0.15, -0.1) is 10.2 Å². The molecule has 102 valence electrons. The van der Waals surface area contributed by atoms with E-state index in [1.54, 1.807) is 4.57 Å².